The number of piperazine rings is 1. The molecular weight excluding hydrogens is 472 g/mol. The molecule has 1 heterocycles. The van der Waals surface area contributed by atoms with E-state index in [-0.39, 0.29) is 24.7 Å². The van der Waals surface area contributed by atoms with Crippen LogP contribution in [-0.4, -0.2) is 65.6 Å². The van der Waals surface area contributed by atoms with Gasteiger partial charge < -0.3 is 25.6 Å². The fourth-order valence-electron chi connectivity index (χ4n) is 3.99. The zero-order valence-corrected chi connectivity index (χ0v) is 21.4. The van der Waals surface area contributed by atoms with Crippen molar-refractivity contribution in [3.63, 3.8) is 0 Å². The molecule has 1 saturated heterocycles. The van der Waals surface area contributed by atoms with Gasteiger partial charge in [0, 0.05) is 45.4 Å². The highest BCUT2D eigenvalue weighted by molar-refractivity contribution is 5.92. The van der Waals surface area contributed by atoms with Crippen molar-refractivity contribution in [2.24, 2.45) is 11.7 Å². The average molecular weight is 508 g/mol. The molecule has 1 aliphatic rings. The summed E-state index contributed by atoms with van der Waals surface area (Å²) >= 11 is 0. The summed E-state index contributed by atoms with van der Waals surface area (Å²) in [6.45, 7) is 5.32. The molecule has 0 saturated carbocycles. The van der Waals surface area contributed by atoms with Crippen LogP contribution in [0.25, 0.3) is 0 Å². The predicted octanol–water partition coefficient (Wildman–Crippen LogP) is 1.70. The number of hydrogen-bond acceptors (Lipinski definition) is 5. The average Bonchev–Trinajstić information content (AvgIpc) is 2.91. The van der Waals surface area contributed by atoms with E-state index in [1.807, 2.05) is 54.6 Å². The molecule has 0 spiro atoms. The minimum atomic E-state index is -0.799. The lowest BCUT2D eigenvalue weighted by atomic mass is 10.0. The second-order valence-corrected chi connectivity index (χ2v) is 9.26. The maximum absolute atomic E-state index is 13.4. The van der Waals surface area contributed by atoms with Gasteiger partial charge >= 0.3 is 0 Å². The number of hydrogen-bond donors (Lipinski definition) is 2. The van der Waals surface area contributed by atoms with Crippen molar-refractivity contribution in [3.05, 3.63) is 72.1 Å². The van der Waals surface area contributed by atoms with Crippen molar-refractivity contribution >= 4 is 23.6 Å². The van der Waals surface area contributed by atoms with Crippen LogP contribution in [0, 0.1) is 12.3 Å². The fourth-order valence-corrected chi connectivity index (χ4v) is 3.99. The minimum absolute atomic E-state index is 0.0234. The minimum Gasteiger partial charge on any atom is -0.489 e. The Morgan fingerprint density at radius 3 is 2.16 bits per heavy atom. The van der Waals surface area contributed by atoms with Crippen molar-refractivity contribution < 1.29 is 23.9 Å². The molecule has 197 valence electrons. The van der Waals surface area contributed by atoms with E-state index in [9.17, 15) is 19.2 Å². The summed E-state index contributed by atoms with van der Waals surface area (Å²) in [6, 6.07) is 16.5. The summed E-state index contributed by atoms with van der Waals surface area (Å²) in [5, 5.41) is 2.80. The third kappa shape index (κ3) is 8.63. The lowest BCUT2D eigenvalue weighted by Crippen LogP contribution is -2.56. The number of nitrogens with zero attached hydrogens (tertiary/aromatic N) is 2. The largest absolute Gasteiger partial charge is 0.489 e. The molecule has 2 unspecified atom stereocenters. The maximum atomic E-state index is 13.4. The lowest BCUT2D eigenvalue weighted by molar-refractivity contribution is -0.140. The fraction of sp³-hybridized carbons (Fsp3) is 0.393. The second kappa shape index (κ2) is 13.4. The highest BCUT2D eigenvalue weighted by Crippen LogP contribution is 2.17. The number of ether oxygens (including phenoxy) is 1. The summed E-state index contributed by atoms with van der Waals surface area (Å²) in [7, 11) is 0. The summed E-state index contributed by atoms with van der Waals surface area (Å²) in [6.07, 6.45) is 1.83. The molecule has 3 N–H and O–H groups in total. The number of carbonyl (C=O) groups excluding carboxylic acids is 4. The van der Waals surface area contributed by atoms with Gasteiger partial charge in [0.05, 0.1) is 6.42 Å². The molecule has 9 nitrogen and oxygen atoms in total. The molecule has 0 bridgehead atoms. The van der Waals surface area contributed by atoms with Gasteiger partial charge in [0.1, 0.15) is 18.4 Å². The van der Waals surface area contributed by atoms with Crippen LogP contribution >= 0.6 is 0 Å². The number of carbonyl (C=O) groups is 4. The van der Waals surface area contributed by atoms with Crippen LogP contribution in [0.1, 0.15) is 31.4 Å². The van der Waals surface area contributed by atoms with E-state index in [1.165, 1.54) is 13.3 Å². The Morgan fingerprint density at radius 1 is 0.946 bits per heavy atom. The van der Waals surface area contributed by atoms with Crippen molar-refractivity contribution in [2.75, 3.05) is 26.2 Å². The summed E-state index contributed by atoms with van der Waals surface area (Å²) < 4.78 is 5.84. The highest BCUT2D eigenvalue weighted by Gasteiger charge is 2.29. The van der Waals surface area contributed by atoms with Crippen LogP contribution in [0.4, 0.5) is 0 Å². The van der Waals surface area contributed by atoms with E-state index in [1.54, 1.807) is 16.7 Å². The normalized spacial score (nSPS) is 15.0. The van der Waals surface area contributed by atoms with Gasteiger partial charge in [0.2, 0.25) is 23.6 Å². The molecule has 1 radical (unpaired) electrons. The molecule has 0 aliphatic carbocycles. The monoisotopic (exact) mass is 507 g/mol. The smallest absolute Gasteiger partial charge is 0.245 e. The molecule has 2 atom stereocenters. The van der Waals surface area contributed by atoms with Crippen molar-refractivity contribution in [2.45, 2.75) is 39.3 Å². The van der Waals surface area contributed by atoms with Gasteiger partial charge in [-0.1, -0.05) is 49.4 Å². The first-order valence-corrected chi connectivity index (χ1v) is 12.5. The summed E-state index contributed by atoms with van der Waals surface area (Å²) in [5.41, 5.74) is 7.20. The van der Waals surface area contributed by atoms with Crippen molar-refractivity contribution in [3.8, 4) is 5.75 Å². The topological polar surface area (TPSA) is 122 Å². The first kappa shape index (κ1) is 27.7. The second-order valence-electron chi connectivity index (χ2n) is 9.26. The summed E-state index contributed by atoms with van der Waals surface area (Å²) in [5.74, 6) is -0.940. The third-order valence-corrected chi connectivity index (χ3v) is 6.41. The van der Waals surface area contributed by atoms with E-state index in [0.29, 0.717) is 38.5 Å². The van der Waals surface area contributed by atoms with E-state index in [2.05, 4.69) is 5.32 Å². The van der Waals surface area contributed by atoms with Crippen LogP contribution in [0.15, 0.2) is 54.6 Å². The van der Waals surface area contributed by atoms with Crippen LogP contribution in [-0.2, 0) is 32.2 Å². The van der Waals surface area contributed by atoms with Gasteiger partial charge in [0.15, 0.2) is 0 Å². The first-order chi connectivity index (χ1) is 17.7. The molecular formula is C28H35N4O5. The van der Waals surface area contributed by atoms with Gasteiger partial charge in [-0.2, -0.15) is 0 Å². The molecule has 0 aromatic heterocycles. The Hall–Kier alpha value is -3.88. The highest BCUT2D eigenvalue weighted by atomic mass is 16.5. The van der Waals surface area contributed by atoms with Gasteiger partial charge in [0.25, 0.3) is 0 Å². The zero-order chi connectivity index (χ0) is 26.8. The Balaban J connectivity index is 1.64. The molecule has 1 aliphatic heterocycles. The molecule has 9 heteroatoms. The standard InChI is InChI=1S/C28H35N4O5/c1-20(27(29)35)8-13-26(34)30-25(28(36)32-16-14-31(15-17-32)21(2)33)18-22-9-11-24(12-10-22)37-19-23-6-4-3-5-7-23/h3-7,9-13,20,25H,8,14-19H2,1-2H3,(H2,29,35)(H,30,34). The number of primary amides is 1. The molecule has 4 amide bonds. The first-order valence-electron chi connectivity index (χ1n) is 12.5. The Bertz CT molecular complexity index is 1070. The Kier molecular flexibility index (Phi) is 10.1. The Morgan fingerprint density at radius 2 is 1.57 bits per heavy atom. The van der Waals surface area contributed by atoms with Crippen LogP contribution in [0.3, 0.4) is 0 Å². The zero-order valence-electron chi connectivity index (χ0n) is 21.4. The van der Waals surface area contributed by atoms with Gasteiger partial charge in [-0.15, -0.1) is 0 Å². The SMILES string of the molecule is CC(=O)N1CCN(C(=O)C(Cc2ccc(OCc3ccccc3)cc2)NC(=O)[CH]CC(C)C(N)=O)CC1. The molecule has 2 aromatic rings. The Labute approximate surface area is 217 Å². The molecule has 2 aromatic carbocycles. The lowest BCUT2D eigenvalue weighted by Gasteiger charge is -2.36. The molecule has 37 heavy (non-hydrogen) atoms. The van der Waals surface area contributed by atoms with E-state index >= 15 is 0 Å². The van der Waals surface area contributed by atoms with E-state index < -0.39 is 23.8 Å². The van der Waals surface area contributed by atoms with Gasteiger partial charge in [-0.25, -0.2) is 0 Å². The number of nitrogens with two attached hydrogens (primary N) is 1. The number of rotatable bonds is 11. The van der Waals surface area contributed by atoms with Crippen LogP contribution in [0.5, 0.6) is 5.75 Å². The van der Waals surface area contributed by atoms with Crippen LogP contribution in [0.2, 0.25) is 0 Å². The summed E-state index contributed by atoms with van der Waals surface area (Å²) in [4.78, 5) is 52.3. The predicted molar refractivity (Wildman–Crippen MR) is 139 cm³/mol. The maximum Gasteiger partial charge on any atom is 0.245 e. The van der Waals surface area contributed by atoms with Gasteiger partial charge in [-0.3, -0.25) is 19.2 Å². The van der Waals surface area contributed by atoms with Crippen LogP contribution < -0.4 is 15.8 Å². The quantitative estimate of drug-likeness (QED) is 0.479. The van der Waals surface area contributed by atoms with Crippen molar-refractivity contribution in [1.29, 1.82) is 0 Å². The van der Waals surface area contributed by atoms with E-state index in [0.717, 1.165) is 11.1 Å². The van der Waals surface area contributed by atoms with E-state index in [4.69, 9.17) is 10.5 Å². The number of nitrogens with one attached hydrogen (secondary N) is 1. The molecule has 1 fully saturated rings. The number of amides is 4. The third-order valence-electron chi connectivity index (χ3n) is 6.41. The van der Waals surface area contributed by atoms with Gasteiger partial charge in [-0.05, 0) is 29.7 Å². The molecule has 3 rings (SSSR count). The number of benzene rings is 2. The van der Waals surface area contributed by atoms with Crippen molar-refractivity contribution in [1.82, 2.24) is 15.1 Å².